The average molecular weight is 262 g/mol. The maximum Gasteiger partial charge on any atom is 0.357 e. The van der Waals surface area contributed by atoms with Crippen LogP contribution in [0, 0.1) is 0 Å². The predicted octanol–water partition coefficient (Wildman–Crippen LogP) is 3.22. The number of fused-ring (bicyclic) bond motifs is 1. The summed E-state index contributed by atoms with van der Waals surface area (Å²) in [7, 11) is 0. The van der Waals surface area contributed by atoms with E-state index in [9.17, 15) is 9.90 Å². The summed E-state index contributed by atoms with van der Waals surface area (Å²) in [5, 5.41) is 17.8. The maximum atomic E-state index is 11.2. The van der Waals surface area contributed by atoms with E-state index in [-0.39, 0.29) is 10.4 Å². The fourth-order valence-electron chi connectivity index (χ4n) is 1.58. The van der Waals surface area contributed by atoms with Gasteiger partial charge in [0.15, 0.2) is 5.69 Å². The topological polar surface area (TPSA) is 63.1 Å². The van der Waals surface area contributed by atoms with Crippen LogP contribution in [0.4, 0.5) is 0 Å². The molecule has 5 heteroatoms. The van der Waals surface area contributed by atoms with Gasteiger partial charge in [0.25, 0.3) is 0 Å². The molecule has 0 unspecified atom stereocenters. The van der Waals surface area contributed by atoms with Crippen molar-refractivity contribution in [1.82, 2.24) is 10.2 Å². The Bertz CT molecular complexity index is 605. The fourth-order valence-corrected chi connectivity index (χ4v) is 2.70. The zero-order chi connectivity index (χ0) is 13.3. The first kappa shape index (κ1) is 12.8. The lowest BCUT2D eigenvalue weighted by Gasteiger charge is -2.19. The second-order valence-corrected chi connectivity index (χ2v) is 6.75. The molecule has 0 aliphatic carbocycles. The third kappa shape index (κ3) is 2.61. The molecule has 1 heterocycles. The van der Waals surface area contributed by atoms with Crippen LogP contribution in [0.15, 0.2) is 29.2 Å². The number of hydrogen-bond acceptors (Lipinski definition) is 4. The summed E-state index contributed by atoms with van der Waals surface area (Å²) in [6.07, 6.45) is 0. The van der Waals surface area contributed by atoms with Gasteiger partial charge in [-0.1, -0.05) is 39.0 Å². The third-order valence-corrected chi connectivity index (χ3v) is 3.46. The van der Waals surface area contributed by atoms with Crippen molar-refractivity contribution in [2.24, 2.45) is 0 Å². The predicted molar refractivity (Wildman–Crippen MR) is 72.1 cm³/mol. The van der Waals surface area contributed by atoms with Gasteiger partial charge in [0, 0.05) is 10.1 Å². The van der Waals surface area contributed by atoms with E-state index in [1.807, 2.05) is 45.0 Å². The number of thioether (sulfide) groups is 1. The highest BCUT2D eigenvalue weighted by Crippen LogP contribution is 2.37. The van der Waals surface area contributed by atoms with Crippen molar-refractivity contribution < 1.29 is 9.90 Å². The quantitative estimate of drug-likeness (QED) is 0.842. The third-order valence-electron chi connectivity index (χ3n) is 2.23. The normalized spacial score (nSPS) is 11.7. The number of aromatic nitrogens is 2. The molecule has 0 bridgehead atoms. The SMILES string of the molecule is CC(C)(C)Sc1c(C(=O)O)nnc2ccccc12. The molecule has 2 rings (SSSR count). The summed E-state index contributed by atoms with van der Waals surface area (Å²) in [5.41, 5.74) is 0.739. The van der Waals surface area contributed by atoms with E-state index in [4.69, 9.17) is 0 Å². The number of carboxylic acid groups (broad SMARTS) is 1. The minimum absolute atomic E-state index is 0.0219. The molecule has 18 heavy (non-hydrogen) atoms. The molecule has 0 saturated heterocycles. The van der Waals surface area contributed by atoms with Crippen molar-refractivity contribution in [3.05, 3.63) is 30.0 Å². The minimum Gasteiger partial charge on any atom is -0.476 e. The summed E-state index contributed by atoms with van der Waals surface area (Å²) < 4.78 is -0.0873. The van der Waals surface area contributed by atoms with Crippen LogP contribution in [-0.4, -0.2) is 26.0 Å². The number of hydrogen-bond donors (Lipinski definition) is 1. The van der Waals surface area contributed by atoms with E-state index in [2.05, 4.69) is 10.2 Å². The van der Waals surface area contributed by atoms with Crippen LogP contribution in [0.1, 0.15) is 31.3 Å². The Labute approximate surface area is 109 Å². The second kappa shape index (κ2) is 4.57. The number of rotatable bonds is 2. The average Bonchev–Trinajstić information content (AvgIpc) is 2.27. The van der Waals surface area contributed by atoms with Gasteiger partial charge in [-0.3, -0.25) is 0 Å². The van der Waals surface area contributed by atoms with Crippen LogP contribution in [0.25, 0.3) is 10.9 Å². The molecule has 0 aliphatic rings. The molecule has 0 atom stereocenters. The number of carboxylic acids is 1. The van der Waals surface area contributed by atoms with Gasteiger partial charge < -0.3 is 5.11 Å². The van der Waals surface area contributed by atoms with E-state index < -0.39 is 5.97 Å². The number of nitrogens with zero attached hydrogens (tertiary/aromatic N) is 2. The molecule has 0 radical (unpaired) electrons. The lowest BCUT2D eigenvalue weighted by Crippen LogP contribution is -2.11. The van der Waals surface area contributed by atoms with Crippen LogP contribution < -0.4 is 0 Å². The standard InChI is InChI=1S/C13H14N2O2S/c1-13(2,3)18-11-8-6-4-5-7-9(8)14-15-10(11)12(16)17/h4-7H,1-3H3,(H,16,17). The molecular formula is C13H14N2O2S. The summed E-state index contributed by atoms with van der Waals surface area (Å²) in [5.74, 6) is -1.04. The molecule has 1 aromatic heterocycles. The molecule has 0 fully saturated rings. The van der Waals surface area contributed by atoms with Crippen molar-refractivity contribution in [1.29, 1.82) is 0 Å². The van der Waals surface area contributed by atoms with Crippen molar-refractivity contribution in [3.8, 4) is 0 Å². The molecule has 0 aliphatic heterocycles. The Morgan fingerprint density at radius 2 is 1.89 bits per heavy atom. The summed E-state index contributed by atoms with van der Waals surface area (Å²) in [6, 6.07) is 7.45. The van der Waals surface area contributed by atoms with E-state index in [0.717, 1.165) is 5.39 Å². The van der Waals surface area contributed by atoms with Gasteiger partial charge in [0.1, 0.15) is 0 Å². The van der Waals surface area contributed by atoms with Gasteiger partial charge in [0.2, 0.25) is 0 Å². The van der Waals surface area contributed by atoms with Gasteiger partial charge in [0.05, 0.1) is 10.4 Å². The van der Waals surface area contributed by atoms with Crippen LogP contribution in [0.5, 0.6) is 0 Å². The van der Waals surface area contributed by atoms with Crippen molar-refractivity contribution in [3.63, 3.8) is 0 Å². The number of aromatic carboxylic acids is 1. The minimum atomic E-state index is -1.04. The number of carbonyl (C=O) groups is 1. The number of benzene rings is 1. The Morgan fingerprint density at radius 3 is 2.50 bits per heavy atom. The Kier molecular flexibility index (Phi) is 3.26. The van der Waals surface area contributed by atoms with Gasteiger partial charge >= 0.3 is 5.97 Å². The van der Waals surface area contributed by atoms with Gasteiger partial charge in [-0.05, 0) is 6.07 Å². The van der Waals surface area contributed by atoms with E-state index in [1.165, 1.54) is 11.8 Å². The van der Waals surface area contributed by atoms with Crippen LogP contribution in [0.3, 0.4) is 0 Å². The fraction of sp³-hybridized carbons (Fsp3) is 0.308. The molecular weight excluding hydrogens is 248 g/mol. The lowest BCUT2D eigenvalue weighted by atomic mass is 10.2. The maximum absolute atomic E-state index is 11.2. The van der Waals surface area contributed by atoms with Crippen molar-refractivity contribution in [2.45, 2.75) is 30.4 Å². The monoisotopic (exact) mass is 262 g/mol. The summed E-state index contributed by atoms with van der Waals surface area (Å²) in [4.78, 5) is 11.9. The first-order valence-corrected chi connectivity index (χ1v) is 6.38. The summed E-state index contributed by atoms with van der Waals surface area (Å²) in [6.45, 7) is 6.12. The zero-order valence-electron chi connectivity index (χ0n) is 10.5. The smallest absolute Gasteiger partial charge is 0.357 e. The first-order chi connectivity index (χ1) is 8.38. The van der Waals surface area contributed by atoms with Crippen LogP contribution in [0.2, 0.25) is 0 Å². The van der Waals surface area contributed by atoms with Crippen molar-refractivity contribution >= 4 is 28.6 Å². The highest BCUT2D eigenvalue weighted by atomic mass is 32.2. The van der Waals surface area contributed by atoms with Gasteiger partial charge in [-0.15, -0.1) is 22.0 Å². The lowest BCUT2D eigenvalue weighted by molar-refractivity contribution is 0.0685. The molecule has 0 amide bonds. The molecule has 2 aromatic rings. The van der Waals surface area contributed by atoms with E-state index >= 15 is 0 Å². The Balaban J connectivity index is 2.70. The molecule has 1 N–H and O–H groups in total. The first-order valence-electron chi connectivity index (χ1n) is 5.56. The highest BCUT2D eigenvalue weighted by molar-refractivity contribution is 8.00. The molecule has 4 nitrogen and oxygen atoms in total. The summed E-state index contributed by atoms with van der Waals surface area (Å²) >= 11 is 1.50. The Hall–Kier alpha value is -1.62. The second-order valence-electron chi connectivity index (χ2n) is 4.91. The largest absolute Gasteiger partial charge is 0.476 e. The molecule has 1 aromatic carbocycles. The molecule has 0 spiro atoms. The van der Waals surface area contributed by atoms with Gasteiger partial charge in [-0.2, -0.15) is 0 Å². The van der Waals surface area contributed by atoms with Crippen LogP contribution >= 0.6 is 11.8 Å². The van der Waals surface area contributed by atoms with Crippen LogP contribution in [-0.2, 0) is 0 Å². The van der Waals surface area contributed by atoms with Crippen molar-refractivity contribution in [2.75, 3.05) is 0 Å². The van der Waals surface area contributed by atoms with E-state index in [1.54, 1.807) is 0 Å². The highest BCUT2D eigenvalue weighted by Gasteiger charge is 2.22. The Morgan fingerprint density at radius 1 is 1.22 bits per heavy atom. The molecule has 94 valence electrons. The van der Waals surface area contributed by atoms with E-state index in [0.29, 0.717) is 10.4 Å². The van der Waals surface area contributed by atoms with Gasteiger partial charge in [-0.25, -0.2) is 4.79 Å². The molecule has 0 saturated carbocycles. The zero-order valence-corrected chi connectivity index (χ0v) is 11.3.